The second-order valence-corrected chi connectivity index (χ2v) is 6.32. The molecule has 1 saturated heterocycles. The van der Waals surface area contributed by atoms with Gasteiger partial charge in [-0.3, -0.25) is 0 Å². The topological polar surface area (TPSA) is 27.0 Å². The van der Waals surface area contributed by atoms with Gasteiger partial charge in [-0.25, -0.2) is 4.39 Å². The van der Waals surface area contributed by atoms with Crippen molar-refractivity contribution in [3.05, 3.63) is 29.6 Å². The van der Waals surface area contributed by atoms with Crippen molar-refractivity contribution in [1.29, 1.82) is 5.26 Å². The predicted molar refractivity (Wildman–Crippen MR) is 69.8 cm³/mol. The molecule has 90 valence electrons. The molecule has 0 N–H and O–H groups in total. The van der Waals surface area contributed by atoms with Crippen LogP contribution < -0.4 is 4.90 Å². The van der Waals surface area contributed by atoms with Crippen LogP contribution in [0.2, 0.25) is 0 Å². The molecule has 0 amide bonds. The first-order chi connectivity index (χ1) is 8.10. The Morgan fingerprint density at radius 3 is 2.53 bits per heavy atom. The maximum Gasteiger partial charge on any atom is 0.147 e. The van der Waals surface area contributed by atoms with Gasteiger partial charge in [0.2, 0.25) is 0 Å². The minimum absolute atomic E-state index is 0.296. The summed E-state index contributed by atoms with van der Waals surface area (Å²) in [6, 6.07) is 6.65. The first-order valence-corrected chi connectivity index (χ1v) is 6.64. The SMILES string of the molecule is CC1CN(c2ccc(C#N)cc2F)CC(C)S1. The third-order valence-corrected chi connectivity index (χ3v) is 4.06. The van der Waals surface area contributed by atoms with Gasteiger partial charge < -0.3 is 4.90 Å². The van der Waals surface area contributed by atoms with Gasteiger partial charge in [0.1, 0.15) is 5.82 Å². The Labute approximate surface area is 105 Å². The third kappa shape index (κ3) is 2.73. The van der Waals surface area contributed by atoms with E-state index in [2.05, 4.69) is 18.7 Å². The van der Waals surface area contributed by atoms with E-state index in [1.165, 1.54) is 6.07 Å². The minimum Gasteiger partial charge on any atom is -0.367 e. The van der Waals surface area contributed by atoms with E-state index in [4.69, 9.17) is 5.26 Å². The molecule has 1 aliphatic heterocycles. The van der Waals surface area contributed by atoms with E-state index in [0.29, 0.717) is 21.8 Å². The van der Waals surface area contributed by atoms with Crippen molar-refractivity contribution < 1.29 is 4.39 Å². The van der Waals surface area contributed by atoms with Crippen LogP contribution in [0.25, 0.3) is 0 Å². The van der Waals surface area contributed by atoms with Crippen molar-refractivity contribution in [1.82, 2.24) is 0 Å². The molecule has 1 fully saturated rings. The van der Waals surface area contributed by atoms with Crippen molar-refractivity contribution in [3.63, 3.8) is 0 Å². The van der Waals surface area contributed by atoms with Crippen LogP contribution in [0.3, 0.4) is 0 Å². The van der Waals surface area contributed by atoms with Gasteiger partial charge in [-0.1, -0.05) is 13.8 Å². The quantitative estimate of drug-likeness (QED) is 0.766. The molecule has 1 aliphatic rings. The lowest BCUT2D eigenvalue weighted by atomic mass is 10.2. The summed E-state index contributed by atoms with van der Waals surface area (Å²) in [6.07, 6.45) is 0. The highest BCUT2D eigenvalue weighted by Crippen LogP contribution is 2.30. The van der Waals surface area contributed by atoms with Crippen molar-refractivity contribution >= 4 is 17.4 Å². The highest BCUT2D eigenvalue weighted by Gasteiger charge is 2.24. The Hall–Kier alpha value is -1.21. The summed E-state index contributed by atoms with van der Waals surface area (Å²) < 4.78 is 13.9. The van der Waals surface area contributed by atoms with Gasteiger partial charge in [0.05, 0.1) is 17.3 Å². The van der Waals surface area contributed by atoms with E-state index in [1.807, 2.05) is 17.8 Å². The molecule has 0 bridgehead atoms. The van der Waals surface area contributed by atoms with Crippen LogP contribution in [-0.4, -0.2) is 23.6 Å². The maximum absolute atomic E-state index is 13.9. The summed E-state index contributed by atoms with van der Waals surface area (Å²) in [5.41, 5.74) is 0.988. The molecule has 4 heteroatoms. The van der Waals surface area contributed by atoms with Crippen molar-refractivity contribution in [2.24, 2.45) is 0 Å². The molecule has 0 aromatic heterocycles. The van der Waals surface area contributed by atoms with Crippen LogP contribution in [0.5, 0.6) is 0 Å². The second kappa shape index (κ2) is 4.97. The Morgan fingerprint density at radius 2 is 2.00 bits per heavy atom. The number of thioether (sulfide) groups is 1. The molecule has 2 rings (SSSR count). The average Bonchev–Trinajstić information content (AvgIpc) is 2.27. The number of hydrogen-bond donors (Lipinski definition) is 0. The summed E-state index contributed by atoms with van der Waals surface area (Å²) in [5.74, 6) is -0.296. The zero-order valence-corrected chi connectivity index (χ0v) is 10.8. The second-order valence-electron chi connectivity index (χ2n) is 4.44. The van der Waals surface area contributed by atoms with Gasteiger partial charge in [0.25, 0.3) is 0 Å². The molecule has 2 unspecified atom stereocenters. The molecule has 1 aromatic carbocycles. The van der Waals surface area contributed by atoms with Crippen molar-refractivity contribution in [3.8, 4) is 6.07 Å². The summed E-state index contributed by atoms with van der Waals surface area (Å²) in [7, 11) is 0. The predicted octanol–water partition coefficient (Wildman–Crippen LogP) is 3.03. The van der Waals surface area contributed by atoms with Crippen LogP contribution in [0.1, 0.15) is 19.4 Å². The van der Waals surface area contributed by atoms with Crippen LogP contribution in [-0.2, 0) is 0 Å². The zero-order chi connectivity index (χ0) is 12.4. The number of hydrogen-bond acceptors (Lipinski definition) is 3. The van der Waals surface area contributed by atoms with Gasteiger partial charge >= 0.3 is 0 Å². The minimum atomic E-state index is -0.296. The molecular formula is C13H15FN2S. The molecule has 0 aliphatic carbocycles. The molecule has 1 heterocycles. The lowest BCUT2D eigenvalue weighted by molar-refractivity contribution is 0.611. The third-order valence-electron chi connectivity index (χ3n) is 2.84. The Morgan fingerprint density at radius 1 is 1.35 bits per heavy atom. The lowest BCUT2D eigenvalue weighted by Gasteiger charge is -2.36. The van der Waals surface area contributed by atoms with Crippen LogP contribution in [0.15, 0.2) is 18.2 Å². The molecule has 2 nitrogen and oxygen atoms in total. The van der Waals surface area contributed by atoms with E-state index >= 15 is 0 Å². The van der Waals surface area contributed by atoms with Crippen LogP contribution >= 0.6 is 11.8 Å². The first-order valence-electron chi connectivity index (χ1n) is 5.70. The average molecular weight is 250 g/mol. The summed E-state index contributed by atoms with van der Waals surface area (Å²) >= 11 is 1.94. The Bertz CT molecular complexity index is 445. The summed E-state index contributed by atoms with van der Waals surface area (Å²) in [5, 5.41) is 9.73. The van der Waals surface area contributed by atoms with Gasteiger partial charge in [0, 0.05) is 23.6 Å². The van der Waals surface area contributed by atoms with E-state index in [1.54, 1.807) is 12.1 Å². The molecule has 0 saturated carbocycles. The molecular weight excluding hydrogens is 235 g/mol. The molecule has 1 aromatic rings. The van der Waals surface area contributed by atoms with E-state index in [0.717, 1.165) is 13.1 Å². The standard InChI is InChI=1S/C13H15FN2S/c1-9-7-16(8-10(2)17-9)13-4-3-11(6-15)5-12(13)14/h3-5,9-10H,7-8H2,1-2H3. The first kappa shape index (κ1) is 12.3. The number of rotatable bonds is 1. The fourth-order valence-electron chi connectivity index (χ4n) is 2.21. The highest BCUT2D eigenvalue weighted by molar-refractivity contribution is 8.00. The largest absolute Gasteiger partial charge is 0.367 e. The molecule has 0 spiro atoms. The van der Waals surface area contributed by atoms with Gasteiger partial charge in [-0.2, -0.15) is 17.0 Å². The van der Waals surface area contributed by atoms with E-state index in [-0.39, 0.29) is 5.82 Å². The number of nitrogens with zero attached hydrogens (tertiary/aromatic N) is 2. The lowest BCUT2D eigenvalue weighted by Crippen LogP contribution is -2.40. The fraction of sp³-hybridized carbons (Fsp3) is 0.462. The maximum atomic E-state index is 13.9. The normalized spacial score (nSPS) is 24.5. The number of anilines is 1. The smallest absolute Gasteiger partial charge is 0.147 e. The number of halogens is 1. The Balaban J connectivity index is 2.25. The molecule has 0 radical (unpaired) electrons. The molecule has 2 atom stereocenters. The number of benzene rings is 1. The van der Waals surface area contributed by atoms with Gasteiger partial charge in [0.15, 0.2) is 0 Å². The van der Waals surface area contributed by atoms with Gasteiger partial charge in [-0.05, 0) is 18.2 Å². The van der Waals surface area contributed by atoms with Crippen LogP contribution in [0.4, 0.5) is 10.1 Å². The monoisotopic (exact) mass is 250 g/mol. The summed E-state index contributed by atoms with van der Waals surface area (Å²) in [4.78, 5) is 2.07. The Kier molecular flexibility index (Phi) is 3.58. The van der Waals surface area contributed by atoms with Crippen molar-refractivity contribution in [2.45, 2.75) is 24.3 Å². The summed E-state index contributed by atoms with van der Waals surface area (Å²) in [6.45, 7) is 6.04. The fourth-order valence-corrected chi connectivity index (χ4v) is 3.53. The van der Waals surface area contributed by atoms with E-state index in [9.17, 15) is 4.39 Å². The number of nitriles is 1. The highest BCUT2D eigenvalue weighted by atomic mass is 32.2. The van der Waals surface area contributed by atoms with Gasteiger partial charge in [-0.15, -0.1) is 0 Å². The molecule has 17 heavy (non-hydrogen) atoms. The van der Waals surface area contributed by atoms with Crippen LogP contribution in [0, 0.1) is 17.1 Å². The van der Waals surface area contributed by atoms with E-state index < -0.39 is 0 Å². The van der Waals surface area contributed by atoms with Crippen molar-refractivity contribution in [2.75, 3.05) is 18.0 Å². The zero-order valence-electron chi connectivity index (χ0n) is 9.98.